The predicted molar refractivity (Wildman–Crippen MR) is 56.9 cm³/mol. The van der Waals surface area contributed by atoms with Gasteiger partial charge in [-0.05, 0) is 12.8 Å². The number of alkyl halides is 2. The Labute approximate surface area is 85.3 Å². The van der Waals surface area contributed by atoms with Crippen molar-refractivity contribution in [3.63, 3.8) is 0 Å². The molecular formula is C7H16Br2N2. The Balaban J connectivity index is 2.91. The van der Waals surface area contributed by atoms with E-state index >= 15 is 0 Å². The lowest BCUT2D eigenvalue weighted by molar-refractivity contribution is 0.561. The topological polar surface area (TPSA) is 52.0 Å². The minimum Gasteiger partial charge on any atom is -0.316 e. The molecule has 0 aromatic rings. The van der Waals surface area contributed by atoms with Crippen LogP contribution < -0.4 is 11.5 Å². The zero-order chi connectivity index (χ0) is 8.69. The summed E-state index contributed by atoms with van der Waals surface area (Å²) in [5, 5.41) is 0. The van der Waals surface area contributed by atoms with Crippen LogP contribution in [0.5, 0.6) is 0 Å². The van der Waals surface area contributed by atoms with Crippen molar-refractivity contribution in [3.8, 4) is 0 Å². The molecule has 0 aliphatic rings. The van der Waals surface area contributed by atoms with E-state index in [1.807, 2.05) is 0 Å². The Kier molecular flexibility index (Phi) is 8.13. The van der Waals surface area contributed by atoms with Gasteiger partial charge in [0.2, 0.25) is 0 Å². The number of hydrogen-bond acceptors (Lipinski definition) is 2. The zero-order valence-corrected chi connectivity index (χ0v) is 9.77. The highest BCUT2D eigenvalue weighted by Gasteiger charge is 1.98. The molecule has 0 saturated carbocycles. The highest BCUT2D eigenvalue weighted by molar-refractivity contribution is 9.24. The van der Waals surface area contributed by atoms with Gasteiger partial charge in [0.25, 0.3) is 0 Å². The van der Waals surface area contributed by atoms with E-state index in [0.717, 1.165) is 12.8 Å². The maximum absolute atomic E-state index is 5.39. The molecule has 4 heteroatoms. The van der Waals surface area contributed by atoms with Crippen LogP contribution in [-0.2, 0) is 0 Å². The van der Waals surface area contributed by atoms with Crippen molar-refractivity contribution in [2.45, 2.75) is 42.0 Å². The summed E-state index contributed by atoms with van der Waals surface area (Å²) in [6, 6.07) is 0. The highest BCUT2D eigenvalue weighted by Crippen LogP contribution is 2.16. The number of rotatable bonds is 6. The molecule has 11 heavy (non-hydrogen) atoms. The molecule has 0 saturated heterocycles. The van der Waals surface area contributed by atoms with Crippen LogP contribution in [0.3, 0.4) is 0 Å². The summed E-state index contributed by atoms with van der Waals surface area (Å²) < 4.78 is 0.460. The summed E-state index contributed by atoms with van der Waals surface area (Å²) in [5.41, 5.74) is 10.8. The Morgan fingerprint density at radius 3 is 1.91 bits per heavy atom. The molecule has 0 amide bonds. The van der Waals surface area contributed by atoms with Crippen molar-refractivity contribution < 1.29 is 0 Å². The summed E-state index contributed by atoms with van der Waals surface area (Å²) in [6.45, 7) is 0. The maximum Gasteiger partial charge on any atom is 0.0697 e. The molecule has 2 nitrogen and oxygen atoms in total. The monoisotopic (exact) mass is 286 g/mol. The van der Waals surface area contributed by atoms with Crippen LogP contribution in [0.15, 0.2) is 0 Å². The summed E-state index contributed by atoms with van der Waals surface area (Å²) in [7, 11) is 0. The molecule has 0 aromatic carbocycles. The van der Waals surface area contributed by atoms with Crippen LogP contribution in [0, 0.1) is 0 Å². The summed E-state index contributed by atoms with van der Waals surface area (Å²) >= 11 is 6.85. The lowest BCUT2D eigenvalue weighted by Crippen LogP contribution is -2.29. The van der Waals surface area contributed by atoms with Crippen molar-refractivity contribution in [1.29, 1.82) is 0 Å². The second-order valence-corrected chi connectivity index (χ2v) is 6.13. The van der Waals surface area contributed by atoms with Crippen molar-refractivity contribution >= 4 is 31.9 Å². The van der Waals surface area contributed by atoms with Crippen LogP contribution in [0.4, 0.5) is 0 Å². The molecule has 0 aliphatic carbocycles. The Hall–Kier alpha value is 0.880. The first-order valence-electron chi connectivity index (χ1n) is 3.92. The van der Waals surface area contributed by atoms with E-state index in [0.29, 0.717) is 3.74 Å². The molecule has 0 fully saturated rings. The Morgan fingerprint density at radius 2 is 1.45 bits per heavy atom. The lowest BCUT2D eigenvalue weighted by atomic mass is 10.1. The first kappa shape index (κ1) is 11.9. The van der Waals surface area contributed by atoms with Gasteiger partial charge in [-0.2, -0.15) is 0 Å². The Bertz CT molecular complexity index is 76.5. The SMILES string of the molecule is NC(N)CCCCCC(Br)Br. The number of halogens is 2. The zero-order valence-electron chi connectivity index (χ0n) is 6.60. The molecule has 0 radical (unpaired) electrons. The van der Waals surface area contributed by atoms with Gasteiger partial charge >= 0.3 is 0 Å². The van der Waals surface area contributed by atoms with Crippen molar-refractivity contribution in [2.24, 2.45) is 11.5 Å². The van der Waals surface area contributed by atoms with Crippen LogP contribution >= 0.6 is 31.9 Å². The summed E-state index contributed by atoms with van der Waals surface area (Å²) in [4.78, 5) is 0. The molecule has 0 atom stereocenters. The molecule has 0 bridgehead atoms. The minimum atomic E-state index is -0.126. The number of hydrogen-bond donors (Lipinski definition) is 2. The average Bonchev–Trinajstić information content (AvgIpc) is 1.85. The molecule has 0 heterocycles. The van der Waals surface area contributed by atoms with Gasteiger partial charge in [0.1, 0.15) is 0 Å². The molecule has 0 spiro atoms. The summed E-state index contributed by atoms with van der Waals surface area (Å²) in [5.74, 6) is 0. The summed E-state index contributed by atoms with van der Waals surface area (Å²) in [6.07, 6.45) is 5.57. The Morgan fingerprint density at radius 1 is 0.909 bits per heavy atom. The lowest BCUT2D eigenvalue weighted by Gasteiger charge is -2.04. The average molecular weight is 288 g/mol. The first-order valence-corrected chi connectivity index (χ1v) is 5.75. The van der Waals surface area contributed by atoms with E-state index in [-0.39, 0.29) is 6.17 Å². The normalized spacial score (nSPS) is 11.5. The van der Waals surface area contributed by atoms with Gasteiger partial charge < -0.3 is 11.5 Å². The number of unbranched alkanes of at least 4 members (excludes halogenated alkanes) is 2. The molecular weight excluding hydrogens is 272 g/mol. The van der Waals surface area contributed by atoms with Gasteiger partial charge in [0.05, 0.1) is 9.90 Å². The standard InChI is InChI=1S/C7H16Br2N2/c8-6(9)4-2-1-3-5-7(10)11/h6-7H,1-5,10-11H2. The molecule has 0 aliphatic heterocycles. The third-order valence-corrected chi connectivity index (χ3v) is 2.38. The highest BCUT2D eigenvalue weighted by atomic mass is 79.9. The van der Waals surface area contributed by atoms with Gasteiger partial charge in [0, 0.05) is 0 Å². The predicted octanol–water partition coefficient (Wildman–Crippen LogP) is 2.30. The van der Waals surface area contributed by atoms with Crippen molar-refractivity contribution in [1.82, 2.24) is 0 Å². The fourth-order valence-corrected chi connectivity index (χ4v) is 1.50. The van der Waals surface area contributed by atoms with E-state index in [2.05, 4.69) is 31.9 Å². The second kappa shape index (κ2) is 7.53. The second-order valence-electron chi connectivity index (χ2n) is 2.69. The first-order chi connectivity index (χ1) is 5.13. The third-order valence-electron chi connectivity index (χ3n) is 1.46. The largest absolute Gasteiger partial charge is 0.316 e. The van der Waals surface area contributed by atoms with Gasteiger partial charge in [-0.3, -0.25) is 0 Å². The molecule has 4 N–H and O–H groups in total. The van der Waals surface area contributed by atoms with Crippen LogP contribution in [0.1, 0.15) is 32.1 Å². The van der Waals surface area contributed by atoms with Gasteiger partial charge in [-0.1, -0.05) is 51.1 Å². The van der Waals surface area contributed by atoms with Crippen molar-refractivity contribution in [3.05, 3.63) is 0 Å². The van der Waals surface area contributed by atoms with Crippen LogP contribution in [0.25, 0.3) is 0 Å². The molecule has 0 aromatic heterocycles. The van der Waals surface area contributed by atoms with E-state index in [1.54, 1.807) is 0 Å². The molecule has 0 unspecified atom stereocenters. The van der Waals surface area contributed by atoms with Gasteiger partial charge in [-0.25, -0.2) is 0 Å². The van der Waals surface area contributed by atoms with E-state index in [4.69, 9.17) is 11.5 Å². The molecule has 0 rings (SSSR count). The van der Waals surface area contributed by atoms with Crippen LogP contribution in [-0.4, -0.2) is 9.90 Å². The van der Waals surface area contributed by atoms with E-state index < -0.39 is 0 Å². The fourth-order valence-electron chi connectivity index (χ4n) is 0.855. The van der Waals surface area contributed by atoms with E-state index in [1.165, 1.54) is 19.3 Å². The van der Waals surface area contributed by atoms with Gasteiger partial charge in [-0.15, -0.1) is 0 Å². The smallest absolute Gasteiger partial charge is 0.0697 e. The minimum absolute atomic E-state index is 0.126. The number of nitrogens with two attached hydrogens (primary N) is 2. The quantitative estimate of drug-likeness (QED) is 0.447. The van der Waals surface area contributed by atoms with Crippen LogP contribution in [0.2, 0.25) is 0 Å². The molecule has 68 valence electrons. The maximum atomic E-state index is 5.39. The van der Waals surface area contributed by atoms with Gasteiger partial charge in [0.15, 0.2) is 0 Å². The third kappa shape index (κ3) is 10.9. The fraction of sp³-hybridized carbons (Fsp3) is 1.00. The van der Waals surface area contributed by atoms with E-state index in [9.17, 15) is 0 Å². The van der Waals surface area contributed by atoms with Crippen molar-refractivity contribution in [2.75, 3.05) is 0 Å².